The predicted octanol–water partition coefficient (Wildman–Crippen LogP) is 15.4. The molecule has 2 aromatic heterocycles. The molecule has 0 bridgehead atoms. The normalized spacial score (nSPS) is 13.0. The fourth-order valence-electron chi connectivity index (χ4n) is 9.42. The van der Waals surface area contributed by atoms with E-state index in [1.54, 1.807) is 0 Å². The summed E-state index contributed by atoms with van der Waals surface area (Å²) in [7, 11) is 0. The summed E-state index contributed by atoms with van der Waals surface area (Å²) in [6.45, 7) is 0. The number of fused-ring (bicyclic) bond motifs is 6. The molecule has 2 heterocycles. The summed E-state index contributed by atoms with van der Waals surface area (Å²) in [6.07, 6.45) is 0. The Hall–Kier alpha value is -7.79. The largest absolute Gasteiger partial charge is 0.208 e. The van der Waals surface area contributed by atoms with Crippen molar-refractivity contribution in [3.63, 3.8) is 0 Å². The van der Waals surface area contributed by atoms with Crippen molar-refractivity contribution >= 4 is 31.5 Å². The first-order chi connectivity index (χ1) is 30.7. The highest BCUT2D eigenvalue weighted by atomic mass is 32.1. The van der Waals surface area contributed by atoms with E-state index in [2.05, 4.69) is 182 Å². The molecule has 0 amide bonds. The molecule has 1 aliphatic rings. The number of nitrogens with zero attached hydrogens (tertiary/aromatic N) is 3. The lowest BCUT2D eigenvalue weighted by molar-refractivity contribution is 1.02. The summed E-state index contributed by atoms with van der Waals surface area (Å²) >= 11 is 1.87. The lowest BCUT2D eigenvalue weighted by Gasteiger charge is -2.16. The second kappa shape index (κ2) is 15.0. The van der Waals surface area contributed by atoms with Gasteiger partial charge in [-0.3, -0.25) is 0 Å². The maximum Gasteiger partial charge on any atom is 0.164 e. The van der Waals surface area contributed by atoms with Crippen LogP contribution < -0.4 is 0 Å². The molecule has 0 saturated carbocycles. The minimum Gasteiger partial charge on any atom is -0.208 e. The summed E-state index contributed by atoms with van der Waals surface area (Å²) in [4.78, 5) is 15.7. The minimum absolute atomic E-state index is 0.191. The average molecular weight is 808 g/mol. The first-order valence-corrected chi connectivity index (χ1v) is 21.9. The zero-order valence-electron chi connectivity index (χ0n) is 33.6. The van der Waals surface area contributed by atoms with Crippen LogP contribution in [0.25, 0.3) is 98.8 Å². The van der Waals surface area contributed by atoms with Crippen molar-refractivity contribution in [1.29, 1.82) is 0 Å². The Bertz CT molecular complexity index is 3390. The SMILES string of the molecule is c1ccc(-c2nc(-c3ccccc3)nc(-c3cc(-c4ccccc4-c4ccccc4)ccc3-c3cccc4sc5cc6c(cc5c34)-c3ccccc3C6c3ccccc3)n2)cc1. The summed E-state index contributed by atoms with van der Waals surface area (Å²) in [6, 6.07) is 78.1. The van der Waals surface area contributed by atoms with Crippen molar-refractivity contribution < 1.29 is 0 Å². The standard InChI is InChI=1S/C58H37N3S/c1-5-18-37(19-6-1)42-26-13-14-27-43(42)41-32-33-45(50(34-41)58-60-56(39-22-9-3-10-23-39)59-57(61-58)40-24-11-4-12-25-40)47-30-17-31-52-55(47)51-35-48-44-28-15-16-29-46(44)54(38-20-7-2-8-21-38)49(48)36-53(51)62-52/h1-36,54H. The van der Waals surface area contributed by atoms with E-state index in [1.807, 2.05) is 47.7 Å². The molecule has 3 nitrogen and oxygen atoms in total. The monoisotopic (exact) mass is 807 g/mol. The molecule has 290 valence electrons. The van der Waals surface area contributed by atoms with Crippen LogP contribution in [0.5, 0.6) is 0 Å². The van der Waals surface area contributed by atoms with Crippen LogP contribution in [0.1, 0.15) is 22.6 Å². The molecular formula is C58H37N3S. The van der Waals surface area contributed by atoms with Crippen LogP contribution in [0.4, 0.5) is 0 Å². The Kier molecular flexibility index (Phi) is 8.75. The topological polar surface area (TPSA) is 38.7 Å². The van der Waals surface area contributed by atoms with Crippen LogP contribution >= 0.6 is 11.3 Å². The summed E-state index contributed by atoms with van der Waals surface area (Å²) in [5.74, 6) is 2.09. The van der Waals surface area contributed by atoms with Gasteiger partial charge in [-0.25, -0.2) is 15.0 Å². The Morgan fingerprint density at radius 3 is 1.53 bits per heavy atom. The van der Waals surface area contributed by atoms with E-state index in [-0.39, 0.29) is 5.92 Å². The molecule has 0 N–H and O–H groups in total. The third-order valence-corrected chi connectivity index (χ3v) is 13.4. The Balaban J connectivity index is 1.12. The van der Waals surface area contributed by atoms with Crippen LogP contribution in [-0.4, -0.2) is 15.0 Å². The van der Waals surface area contributed by atoms with Gasteiger partial charge in [0.2, 0.25) is 0 Å². The molecule has 9 aromatic carbocycles. The quantitative estimate of drug-likeness (QED) is 0.161. The maximum absolute atomic E-state index is 5.32. The molecule has 0 saturated heterocycles. The van der Waals surface area contributed by atoms with Crippen LogP contribution in [-0.2, 0) is 0 Å². The second-order valence-electron chi connectivity index (χ2n) is 15.9. The molecule has 12 rings (SSSR count). The van der Waals surface area contributed by atoms with Gasteiger partial charge < -0.3 is 0 Å². The molecule has 0 radical (unpaired) electrons. The van der Waals surface area contributed by atoms with E-state index in [1.165, 1.54) is 59.1 Å². The molecule has 4 heteroatoms. The molecule has 0 spiro atoms. The number of thiophene rings is 1. The van der Waals surface area contributed by atoms with Gasteiger partial charge in [0.25, 0.3) is 0 Å². The highest BCUT2D eigenvalue weighted by molar-refractivity contribution is 7.26. The van der Waals surface area contributed by atoms with Gasteiger partial charge >= 0.3 is 0 Å². The first-order valence-electron chi connectivity index (χ1n) is 21.1. The van der Waals surface area contributed by atoms with Crippen LogP contribution in [0.3, 0.4) is 0 Å². The van der Waals surface area contributed by atoms with Crippen molar-refractivity contribution in [1.82, 2.24) is 15.0 Å². The van der Waals surface area contributed by atoms with Gasteiger partial charge in [-0.1, -0.05) is 194 Å². The van der Waals surface area contributed by atoms with Gasteiger partial charge in [-0.15, -0.1) is 11.3 Å². The van der Waals surface area contributed by atoms with E-state index in [0.717, 1.165) is 38.9 Å². The average Bonchev–Trinajstić information content (AvgIpc) is 3.89. The van der Waals surface area contributed by atoms with E-state index in [0.29, 0.717) is 17.5 Å². The van der Waals surface area contributed by atoms with Gasteiger partial charge in [0.15, 0.2) is 17.5 Å². The van der Waals surface area contributed by atoms with Crippen molar-refractivity contribution in [2.24, 2.45) is 0 Å². The van der Waals surface area contributed by atoms with Crippen molar-refractivity contribution in [2.45, 2.75) is 5.92 Å². The van der Waals surface area contributed by atoms with Gasteiger partial charge in [0.1, 0.15) is 0 Å². The Morgan fingerprint density at radius 1 is 0.306 bits per heavy atom. The lowest BCUT2D eigenvalue weighted by Crippen LogP contribution is -2.01. The van der Waals surface area contributed by atoms with E-state index in [9.17, 15) is 0 Å². The molecule has 11 aromatic rings. The van der Waals surface area contributed by atoms with Crippen molar-refractivity contribution in [2.75, 3.05) is 0 Å². The highest BCUT2D eigenvalue weighted by Crippen LogP contribution is 2.52. The lowest BCUT2D eigenvalue weighted by atomic mass is 9.88. The summed E-state index contributed by atoms with van der Waals surface area (Å²) in [5, 5.41) is 2.51. The van der Waals surface area contributed by atoms with Crippen molar-refractivity contribution in [3.05, 3.63) is 235 Å². The minimum atomic E-state index is 0.191. The van der Waals surface area contributed by atoms with Gasteiger partial charge in [-0.05, 0) is 85.5 Å². The number of hydrogen-bond donors (Lipinski definition) is 0. The summed E-state index contributed by atoms with van der Waals surface area (Å²) in [5.41, 5.74) is 16.3. The maximum atomic E-state index is 5.32. The highest BCUT2D eigenvalue weighted by Gasteiger charge is 2.31. The fraction of sp³-hybridized carbons (Fsp3) is 0.0172. The predicted molar refractivity (Wildman–Crippen MR) is 258 cm³/mol. The molecule has 62 heavy (non-hydrogen) atoms. The molecule has 1 aliphatic carbocycles. The Morgan fingerprint density at radius 2 is 0.855 bits per heavy atom. The third-order valence-electron chi connectivity index (χ3n) is 12.2. The van der Waals surface area contributed by atoms with Crippen LogP contribution in [0.2, 0.25) is 0 Å². The van der Waals surface area contributed by atoms with E-state index < -0.39 is 0 Å². The Labute approximate surface area is 364 Å². The molecular weight excluding hydrogens is 771 g/mol. The van der Waals surface area contributed by atoms with Crippen molar-refractivity contribution in [3.8, 4) is 78.7 Å². The number of rotatable bonds is 7. The van der Waals surface area contributed by atoms with Gasteiger partial charge in [0.05, 0.1) is 0 Å². The number of aromatic nitrogens is 3. The smallest absolute Gasteiger partial charge is 0.164 e. The number of benzene rings is 9. The fourth-order valence-corrected chi connectivity index (χ4v) is 10.6. The van der Waals surface area contributed by atoms with E-state index in [4.69, 9.17) is 15.0 Å². The van der Waals surface area contributed by atoms with E-state index >= 15 is 0 Å². The zero-order chi connectivity index (χ0) is 41.0. The molecule has 0 aliphatic heterocycles. The summed E-state index contributed by atoms with van der Waals surface area (Å²) < 4.78 is 2.54. The van der Waals surface area contributed by atoms with Crippen LogP contribution in [0.15, 0.2) is 218 Å². The second-order valence-corrected chi connectivity index (χ2v) is 16.9. The van der Waals surface area contributed by atoms with Gasteiger partial charge in [-0.2, -0.15) is 0 Å². The zero-order valence-corrected chi connectivity index (χ0v) is 34.4. The van der Waals surface area contributed by atoms with Gasteiger partial charge in [0, 0.05) is 42.8 Å². The van der Waals surface area contributed by atoms with Crippen LogP contribution in [0, 0.1) is 0 Å². The molecule has 0 fully saturated rings. The molecule has 1 atom stereocenters. The third kappa shape index (κ3) is 6.15. The number of hydrogen-bond acceptors (Lipinski definition) is 4. The first kappa shape index (κ1) is 36.1. The molecule has 1 unspecified atom stereocenters.